The van der Waals surface area contributed by atoms with Gasteiger partial charge in [0.15, 0.2) is 0 Å². The maximum Gasteiger partial charge on any atom is 0.338 e. The highest BCUT2D eigenvalue weighted by Gasteiger charge is 2.30. The van der Waals surface area contributed by atoms with Crippen molar-refractivity contribution in [1.82, 2.24) is 0 Å². The molecule has 0 spiro atoms. The monoisotopic (exact) mass is 426 g/mol. The highest BCUT2D eigenvalue weighted by atomic mass is 16.5. The van der Waals surface area contributed by atoms with Crippen LogP contribution in [0.25, 0.3) is 27.1 Å². The third-order valence-electron chi connectivity index (χ3n) is 5.76. The predicted molar refractivity (Wildman–Crippen MR) is 128 cm³/mol. The number of fused-ring (bicyclic) bond motifs is 2. The predicted octanol–water partition coefficient (Wildman–Crippen LogP) is 6.01. The number of carbonyl (C=O) groups is 2. The second kappa shape index (κ2) is 9.23. The molecule has 4 heteroatoms. The lowest BCUT2D eigenvalue weighted by Gasteiger charge is -2.20. The molecule has 0 aromatic heterocycles. The van der Waals surface area contributed by atoms with E-state index in [0.29, 0.717) is 11.1 Å². The minimum absolute atomic E-state index is 0.247. The summed E-state index contributed by atoms with van der Waals surface area (Å²) < 4.78 is 10.7. The van der Waals surface area contributed by atoms with Crippen molar-refractivity contribution in [3.05, 3.63) is 89.5 Å². The van der Waals surface area contributed by atoms with Crippen LogP contribution in [0.1, 0.15) is 26.3 Å². The van der Waals surface area contributed by atoms with Gasteiger partial charge in [-0.05, 0) is 65.1 Å². The van der Waals surface area contributed by atoms with E-state index in [-0.39, 0.29) is 19.2 Å². The van der Waals surface area contributed by atoms with Crippen molar-refractivity contribution in [2.24, 2.45) is 5.92 Å². The van der Waals surface area contributed by atoms with Gasteiger partial charge < -0.3 is 9.47 Å². The molecule has 0 N–H and O–H groups in total. The molecule has 0 unspecified atom stereocenters. The fourth-order valence-corrected chi connectivity index (χ4v) is 4.33. The molecule has 0 saturated heterocycles. The van der Waals surface area contributed by atoms with Gasteiger partial charge in [0.2, 0.25) is 0 Å². The van der Waals surface area contributed by atoms with Crippen LogP contribution >= 0.6 is 0 Å². The average Bonchev–Trinajstić information content (AvgIpc) is 2.96. The molecule has 1 aliphatic carbocycles. The first kappa shape index (κ1) is 21.6. The summed E-state index contributed by atoms with van der Waals surface area (Å²) in [5.41, 5.74) is 2.74. The van der Waals surface area contributed by atoms with Crippen molar-refractivity contribution in [3.63, 3.8) is 0 Å². The number of esters is 2. The van der Waals surface area contributed by atoms with Gasteiger partial charge in [0.25, 0.3) is 0 Å². The summed E-state index contributed by atoms with van der Waals surface area (Å²) in [6.07, 6.45) is 5.53. The number of hydrogen-bond acceptors (Lipinski definition) is 4. The zero-order valence-corrected chi connectivity index (χ0v) is 18.6. The Bertz CT molecular complexity index is 1240. The second-order valence-electron chi connectivity index (χ2n) is 7.67. The first-order chi connectivity index (χ1) is 15.6. The summed E-state index contributed by atoms with van der Waals surface area (Å²) in [4.78, 5) is 25.9. The number of benzene rings is 3. The smallest absolute Gasteiger partial charge is 0.338 e. The summed E-state index contributed by atoms with van der Waals surface area (Å²) in [5.74, 6) is -1.46. The van der Waals surface area contributed by atoms with Crippen LogP contribution < -0.4 is 0 Å². The summed E-state index contributed by atoms with van der Waals surface area (Å²) in [6, 6.07) is 18.4. The Kier molecular flexibility index (Phi) is 6.22. The highest BCUT2D eigenvalue weighted by Crippen LogP contribution is 2.40. The van der Waals surface area contributed by atoms with Crippen LogP contribution in [-0.4, -0.2) is 25.2 Å². The van der Waals surface area contributed by atoms with Crippen LogP contribution in [0.5, 0.6) is 0 Å². The van der Waals surface area contributed by atoms with E-state index < -0.39 is 11.9 Å². The van der Waals surface area contributed by atoms with Gasteiger partial charge in [-0.1, -0.05) is 66.8 Å². The lowest BCUT2D eigenvalue weighted by atomic mass is 9.85. The standard InChI is InChI=1S/C28H26O4/c1-4-31-27(29)21-15-10-16-24(25(18(21)3)28(30)32-5-2)26-22-13-8-6-11-19(22)17-20-12-7-9-14-23(20)26/h6-17,21H,4-5H2,1-3H3/t21-/m1/s1. The second-order valence-corrected chi connectivity index (χ2v) is 7.67. The Morgan fingerprint density at radius 2 is 1.47 bits per heavy atom. The third kappa shape index (κ3) is 3.84. The molecule has 0 heterocycles. The van der Waals surface area contributed by atoms with Crippen molar-refractivity contribution in [3.8, 4) is 0 Å². The van der Waals surface area contributed by atoms with Crippen LogP contribution in [0.4, 0.5) is 0 Å². The molecular weight excluding hydrogens is 400 g/mol. The van der Waals surface area contributed by atoms with E-state index >= 15 is 0 Å². The summed E-state index contributed by atoms with van der Waals surface area (Å²) in [7, 11) is 0. The SMILES string of the molecule is CCOC(=O)C1=C(C)[C@H](C(=O)OCC)C=CC=C1c1c2ccccc2cc2ccccc12. The molecule has 0 fully saturated rings. The van der Waals surface area contributed by atoms with Crippen molar-refractivity contribution in [2.75, 3.05) is 13.2 Å². The van der Waals surface area contributed by atoms with Crippen molar-refractivity contribution >= 4 is 39.1 Å². The zero-order chi connectivity index (χ0) is 22.7. The van der Waals surface area contributed by atoms with E-state index in [9.17, 15) is 9.59 Å². The van der Waals surface area contributed by atoms with E-state index in [2.05, 4.69) is 30.3 Å². The summed E-state index contributed by atoms with van der Waals surface area (Å²) in [6.45, 7) is 5.89. The van der Waals surface area contributed by atoms with Crippen LogP contribution in [0.15, 0.2) is 84.0 Å². The molecule has 1 atom stereocenters. The van der Waals surface area contributed by atoms with Crippen molar-refractivity contribution in [2.45, 2.75) is 20.8 Å². The molecule has 0 radical (unpaired) electrons. The summed E-state index contributed by atoms with van der Waals surface area (Å²) >= 11 is 0. The Labute approximate surface area is 187 Å². The zero-order valence-electron chi connectivity index (χ0n) is 18.6. The van der Waals surface area contributed by atoms with E-state index in [1.807, 2.05) is 43.3 Å². The molecular formula is C28H26O4. The fourth-order valence-electron chi connectivity index (χ4n) is 4.33. The molecule has 0 saturated carbocycles. The Morgan fingerprint density at radius 1 is 0.875 bits per heavy atom. The third-order valence-corrected chi connectivity index (χ3v) is 5.76. The molecule has 32 heavy (non-hydrogen) atoms. The van der Waals surface area contributed by atoms with Crippen LogP contribution in [-0.2, 0) is 19.1 Å². The average molecular weight is 427 g/mol. The lowest BCUT2D eigenvalue weighted by Crippen LogP contribution is -2.20. The minimum atomic E-state index is -0.649. The van der Waals surface area contributed by atoms with Gasteiger partial charge in [-0.3, -0.25) is 4.79 Å². The Balaban J connectivity index is 2.04. The first-order valence-electron chi connectivity index (χ1n) is 10.9. The number of carbonyl (C=O) groups excluding carboxylic acids is 2. The largest absolute Gasteiger partial charge is 0.465 e. The van der Waals surface area contributed by atoms with Crippen LogP contribution in [0.2, 0.25) is 0 Å². The number of ether oxygens (including phenoxy) is 2. The van der Waals surface area contributed by atoms with E-state index in [4.69, 9.17) is 9.47 Å². The Morgan fingerprint density at radius 3 is 2.06 bits per heavy atom. The van der Waals surface area contributed by atoms with Gasteiger partial charge in [-0.15, -0.1) is 0 Å². The maximum absolute atomic E-state index is 13.2. The van der Waals surface area contributed by atoms with E-state index in [1.165, 1.54) is 0 Å². The molecule has 0 bridgehead atoms. The molecule has 0 aliphatic heterocycles. The van der Waals surface area contributed by atoms with Crippen LogP contribution in [0, 0.1) is 5.92 Å². The van der Waals surface area contributed by atoms with Gasteiger partial charge in [0.1, 0.15) is 0 Å². The molecule has 4 rings (SSSR count). The first-order valence-corrected chi connectivity index (χ1v) is 10.9. The molecule has 3 aromatic carbocycles. The molecule has 4 nitrogen and oxygen atoms in total. The highest BCUT2D eigenvalue weighted by molar-refractivity contribution is 6.18. The van der Waals surface area contributed by atoms with Crippen molar-refractivity contribution in [1.29, 1.82) is 0 Å². The van der Waals surface area contributed by atoms with Gasteiger partial charge >= 0.3 is 11.9 Å². The minimum Gasteiger partial charge on any atom is -0.465 e. The van der Waals surface area contributed by atoms with Gasteiger partial charge in [0.05, 0.1) is 24.7 Å². The lowest BCUT2D eigenvalue weighted by molar-refractivity contribution is -0.145. The van der Waals surface area contributed by atoms with Crippen LogP contribution in [0.3, 0.4) is 0 Å². The van der Waals surface area contributed by atoms with Gasteiger partial charge in [-0.25, -0.2) is 4.79 Å². The Hall–Kier alpha value is -3.66. The molecule has 1 aliphatic rings. The molecule has 0 amide bonds. The van der Waals surface area contributed by atoms with Gasteiger partial charge in [-0.2, -0.15) is 0 Å². The topological polar surface area (TPSA) is 52.6 Å². The maximum atomic E-state index is 13.2. The van der Waals surface area contributed by atoms with Crippen molar-refractivity contribution < 1.29 is 19.1 Å². The molecule has 3 aromatic rings. The van der Waals surface area contributed by atoms with E-state index in [1.54, 1.807) is 19.9 Å². The van der Waals surface area contributed by atoms with E-state index in [0.717, 1.165) is 32.7 Å². The number of allylic oxidation sites excluding steroid dienone is 2. The quantitative estimate of drug-likeness (QED) is 0.371. The fraction of sp³-hybridized carbons (Fsp3) is 0.214. The molecule has 162 valence electrons. The number of hydrogen-bond donors (Lipinski definition) is 0. The number of rotatable bonds is 5. The van der Waals surface area contributed by atoms with Gasteiger partial charge in [0, 0.05) is 0 Å². The summed E-state index contributed by atoms with van der Waals surface area (Å²) in [5, 5.41) is 4.24. The normalized spacial score (nSPS) is 16.1.